The molecule has 0 saturated heterocycles. The van der Waals surface area contributed by atoms with Crippen LogP contribution in [-0.2, 0) is 6.42 Å². The molecule has 8 heteroatoms. The fourth-order valence-corrected chi connectivity index (χ4v) is 4.90. The number of H-pyrrole nitrogens is 1. The van der Waals surface area contributed by atoms with Gasteiger partial charge in [-0.1, -0.05) is 12.1 Å². The third kappa shape index (κ3) is 3.07. The van der Waals surface area contributed by atoms with Gasteiger partial charge in [0.05, 0.1) is 24.0 Å². The molecule has 31 heavy (non-hydrogen) atoms. The Morgan fingerprint density at radius 3 is 2.90 bits per heavy atom. The van der Waals surface area contributed by atoms with E-state index in [0.29, 0.717) is 6.42 Å². The van der Waals surface area contributed by atoms with Gasteiger partial charge >= 0.3 is 0 Å². The van der Waals surface area contributed by atoms with Crippen molar-refractivity contribution in [1.29, 1.82) is 0 Å². The van der Waals surface area contributed by atoms with Gasteiger partial charge in [0, 0.05) is 23.2 Å². The first kappa shape index (κ1) is 18.4. The van der Waals surface area contributed by atoms with Crippen molar-refractivity contribution >= 4 is 33.1 Å². The molecule has 0 spiro atoms. The van der Waals surface area contributed by atoms with Gasteiger partial charge in [0.15, 0.2) is 5.65 Å². The molecule has 0 amide bonds. The topological polar surface area (TPSA) is 113 Å². The lowest BCUT2D eigenvalue weighted by Crippen LogP contribution is -2.29. The lowest BCUT2D eigenvalue weighted by atomic mass is 9.95. The fraction of sp³-hybridized carbons (Fsp3) is 0.304. The molecule has 0 unspecified atom stereocenters. The number of aliphatic hydroxyl groups excluding tert-OH is 2. The van der Waals surface area contributed by atoms with E-state index in [0.717, 1.165) is 45.9 Å². The van der Waals surface area contributed by atoms with Crippen molar-refractivity contribution in [1.82, 2.24) is 29.5 Å². The predicted octanol–water partition coefficient (Wildman–Crippen LogP) is 2.77. The Hall–Kier alpha value is -3.36. The molecule has 1 saturated carbocycles. The first-order valence-corrected chi connectivity index (χ1v) is 10.5. The average Bonchev–Trinajstić information content (AvgIpc) is 3.49. The molecule has 4 atom stereocenters. The van der Waals surface area contributed by atoms with Crippen LogP contribution in [0.1, 0.15) is 24.4 Å². The van der Waals surface area contributed by atoms with E-state index >= 15 is 0 Å². The van der Waals surface area contributed by atoms with E-state index in [2.05, 4.69) is 43.1 Å². The van der Waals surface area contributed by atoms with Crippen molar-refractivity contribution in [2.24, 2.45) is 5.92 Å². The van der Waals surface area contributed by atoms with Crippen molar-refractivity contribution in [2.45, 2.75) is 37.5 Å². The Morgan fingerprint density at radius 1 is 1.03 bits per heavy atom. The molecular weight excluding hydrogens is 392 g/mol. The molecule has 4 heterocycles. The Kier molecular flexibility index (Phi) is 4.22. The second-order valence-electron chi connectivity index (χ2n) is 8.39. The monoisotopic (exact) mass is 414 g/mol. The molecule has 0 aliphatic heterocycles. The number of benzene rings is 1. The van der Waals surface area contributed by atoms with E-state index < -0.39 is 12.2 Å². The fourth-order valence-electron chi connectivity index (χ4n) is 4.90. The van der Waals surface area contributed by atoms with Crippen LogP contribution in [0.15, 0.2) is 55.4 Å². The molecule has 0 bridgehead atoms. The van der Waals surface area contributed by atoms with E-state index in [-0.39, 0.29) is 12.0 Å². The summed E-state index contributed by atoms with van der Waals surface area (Å²) in [6.45, 7) is 0. The maximum absolute atomic E-state index is 10.7. The summed E-state index contributed by atoms with van der Waals surface area (Å²) >= 11 is 0. The van der Waals surface area contributed by atoms with Crippen LogP contribution < -0.4 is 0 Å². The second-order valence-corrected chi connectivity index (χ2v) is 8.39. The lowest BCUT2D eigenvalue weighted by Gasteiger charge is -2.18. The molecular formula is C23H22N6O2. The summed E-state index contributed by atoms with van der Waals surface area (Å²) in [4.78, 5) is 20.4. The van der Waals surface area contributed by atoms with Gasteiger partial charge < -0.3 is 19.8 Å². The molecule has 5 aromatic rings. The maximum Gasteiger partial charge on any atom is 0.157 e. The number of aryl methyl sites for hydroxylation is 1. The predicted molar refractivity (Wildman–Crippen MR) is 116 cm³/mol. The quantitative estimate of drug-likeness (QED) is 0.417. The molecule has 156 valence electrons. The molecule has 1 fully saturated rings. The summed E-state index contributed by atoms with van der Waals surface area (Å²) in [6.07, 6.45) is 7.59. The van der Waals surface area contributed by atoms with Gasteiger partial charge in [0.2, 0.25) is 0 Å². The van der Waals surface area contributed by atoms with Gasteiger partial charge in [-0.3, -0.25) is 0 Å². The Labute approximate surface area is 177 Å². The number of aliphatic hydroxyl groups is 2. The van der Waals surface area contributed by atoms with E-state index in [1.807, 2.05) is 22.9 Å². The number of hydrogen-bond donors (Lipinski definition) is 3. The molecule has 1 aliphatic rings. The first-order chi connectivity index (χ1) is 15.2. The highest BCUT2D eigenvalue weighted by atomic mass is 16.3. The minimum Gasteiger partial charge on any atom is -0.390 e. The number of rotatable bonds is 4. The Bertz CT molecular complexity index is 1390. The van der Waals surface area contributed by atoms with Gasteiger partial charge in [-0.05, 0) is 48.9 Å². The standard InChI is InChI=1S/C23H22N6O2/c30-20-15(9-19(21(20)31)29-6-5-16-10-24-11-27-23(16)29)4-2-13-1-3-14-8-18-22(26-12-25-18)28-17(14)7-13/h1,3,5-8,10-12,15,19-21,30-31H,2,4,9H2,(H,25,26,28)/t15-,19+,20+,21-/m0/s1. The normalized spacial score (nSPS) is 23.9. The molecule has 4 aromatic heterocycles. The SMILES string of the molecule is O[C@@H]1[C@@H](CCc2ccc3cc4nc[nH]c4nc3c2)C[C@@H](n2ccc3cncnc32)[C@@H]1O. The van der Waals surface area contributed by atoms with Crippen LogP contribution in [0.3, 0.4) is 0 Å². The van der Waals surface area contributed by atoms with Crippen molar-refractivity contribution in [3.63, 3.8) is 0 Å². The van der Waals surface area contributed by atoms with Crippen molar-refractivity contribution < 1.29 is 10.2 Å². The van der Waals surface area contributed by atoms with E-state index in [1.165, 1.54) is 11.9 Å². The third-order valence-corrected chi connectivity index (χ3v) is 6.58. The molecule has 6 rings (SSSR count). The zero-order valence-corrected chi connectivity index (χ0v) is 16.8. The van der Waals surface area contributed by atoms with Crippen LogP contribution in [0.5, 0.6) is 0 Å². The number of aromatic nitrogens is 6. The largest absolute Gasteiger partial charge is 0.390 e. The van der Waals surface area contributed by atoms with E-state index in [4.69, 9.17) is 0 Å². The second kappa shape index (κ2) is 7.11. The zero-order chi connectivity index (χ0) is 20.9. The first-order valence-electron chi connectivity index (χ1n) is 10.5. The number of hydrogen-bond acceptors (Lipinski definition) is 6. The highest BCUT2D eigenvalue weighted by molar-refractivity contribution is 5.89. The van der Waals surface area contributed by atoms with Gasteiger partial charge in [-0.25, -0.2) is 19.9 Å². The lowest BCUT2D eigenvalue weighted by molar-refractivity contribution is 0.00545. The smallest absolute Gasteiger partial charge is 0.157 e. The maximum atomic E-state index is 10.7. The summed E-state index contributed by atoms with van der Waals surface area (Å²) in [5.74, 6) is 0.0121. The van der Waals surface area contributed by atoms with Crippen LogP contribution in [0.25, 0.3) is 33.1 Å². The number of aromatic amines is 1. The van der Waals surface area contributed by atoms with Crippen molar-refractivity contribution in [2.75, 3.05) is 0 Å². The molecule has 0 radical (unpaired) electrons. The van der Waals surface area contributed by atoms with Crippen molar-refractivity contribution in [3.8, 4) is 0 Å². The summed E-state index contributed by atoms with van der Waals surface area (Å²) in [5, 5.41) is 23.5. The summed E-state index contributed by atoms with van der Waals surface area (Å²) in [7, 11) is 0. The Balaban J connectivity index is 1.21. The van der Waals surface area contributed by atoms with Crippen LogP contribution in [-0.4, -0.2) is 51.9 Å². The average molecular weight is 414 g/mol. The summed E-state index contributed by atoms with van der Waals surface area (Å²) in [6, 6.07) is 10.1. The number of nitrogens with one attached hydrogen (secondary N) is 1. The minimum atomic E-state index is -0.817. The minimum absolute atomic E-state index is 0.0121. The van der Waals surface area contributed by atoms with Gasteiger partial charge in [0.25, 0.3) is 0 Å². The Morgan fingerprint density at radius 2 is 1.97 bits per heavy atom. The number of pyridine rings is 1. The number of nitrogens with zero attached hydrogens (tertiary/aromatic N) is 5. The van der Waals surface area contributed by atoms with Crippen LogP contribution >= 0.6 is 0 Å². The molecule has 1 aliphatic carbocycles. The number of fused-ring (bicyclic) bond motifs is 3. The highest BCUT2D eigenvalue weighted by Gasteiger charge is 2.42. The summed E-state index contributed by atoms with van der Waals surface area (Å²) < 4.78 is 1.97. The third-order valence-electron chi connectivity index (χ3n) is 6.58. The highest BCUT2D eigenvalue weighted by Crippen LogP contribution is 2.39. The molecule has 1 aromatic carbocycles. The van der Waals surface area contributed by atoms with Gasteiger partial charge in [-0.15, -0.1) is 0 Å². The van der Waals surface area contributed by atoms with Crippen LogP contribution in [0, 0.1) is 5.92 Å². The van der Waals surface area contributed by atoms with Crippen LogP contribution in [0.4, 0.5) is 0 Å². The summed E-state index contributed by atoms with van der Waals surface area (Å²) in [5.41, 5.74) is 4.53. The van der Waals surface area contributed by atoms with Gasteiger partial charge in [0.1, 0.15) is 23.6 Å². The van der Waals surface area contributed by atoms with Gasteiger partial charge in [-0.2, -0.15) is 0 Å². The van der Waals surface area contributed by atoms with E-state index in [1.54, 1.807) is 12.5 Å². The van der Waals surface area contributed by atoms with Crippen LogP contribution in [0.2, 0.25) is 0 Å². The van der Waals surface area contributed by atoms with E-state index in [9.17, 15) is 10.2 Å². The van der Waals surface area contributed by atoms with Crippen molar-refractivity contribution in [3.05, 3.63) is 60.9 Å². The zero-order valence-electron chi connectivity index (χ0n) is 16.8. The molecule has 8 nitrogen and oxygen atoms in total. The molecule has 3 N–H and O–H groups in total. The number of imidazole rings is 1.